The molecule has 2 aromatic rings. The monoisotopic (exact) mass is 553 g/mol. The Morgan fingerprint density at radius 3 is 2.65 bits per heavy atom. The molecule has 0 aliphatic rings. The van der Waals surface area contributed by atoms with Gasteiger partial charge in [-0.25, -0.2) is 0 Å². The second-order valence-electron chi connectivity index (χ2n) is 6.71. The molecule has 2 N–H and O–H groups in total. The molecular weight excluding hydrogens is 523 g/mol. The first-order chi connectivity index (χ1) is 14.4. The number of aliphatic imine (C=N–C) groups is 1. The van der Waals surface area contributed by atoms with Crippen LogP contribution in [0.2, 0.25) is 0 Å². The van der Waals surface area contributed by atoms with Gasteiger partial charge in [0.25, 0.3) is 0 Å². The van der Waals surface area contributed by atoms with Crippen LogP contribution in [0.25, 0.3) is 0 Å². The molecule has 0 aliphatic heterocycles. The first-order valence-corrected chi connectivity index (χ1v) is 9.91. The fourth-order valence-corrected chi connectivity index (χ4v) is 2.64. The molecule has 0 fully saturated rings. The van der Waals surface area contributed by atoms with E-state index in [9.17, 15) is 8.78 Å². The zero-order valence-electron chi connectivity index (χ0n) is 18.2. The van der Waals surface area contributed by atoms with E-state index < -0.39 is 6.61 Å². The van der Waals surface area contributed by atoms with Crippen LogP contribution < -0.4 is 20.1 Å². The molecule has 11 heteroatoms. The third-order valence-electron chi connectivity index (χ3n) is 4.10. The zero-order chi connectivity index (χ0) is 21.9. The number of benzene rings is 1. The van der Waals surface area contributed by atoms with Crippen molar-refractivity contribution in [2.45, 2.75) is 52.7 Å². The fraction of sp³-hybridized carbons (Fsp3) is 0.550. The number of alkyl halides is 2. The normalized spacial score (nSPS) is 11.4. The van der Waals surface area contributed by atoms with E-state index in [1.54, 1.807) is 32.2 Å². The summed E-state index contributed by atoms with van der Waals surface area (Å²) in [6, 6.07) is 5.02. The average molecular weight is 553 g/mol. The molecule has 0 spiro atoms. The summed E-state index contributed by atoms with van der Waals surface area (Å²) in [6.45, 7) is 4.06. The van der Waals surface area contributed by atoms with Gasteiger partial charge in [-0.05, 0) is 19.4 Å². The molecule has 0 saturated heterocycles. The van der Waals surface area contributed by atoms with Crippen molar-refractivity contribution in [1.82, 2.24) is 20.8 Å². The van der Waals surface area contributed by atoms with Crippen LogP contribution in [0.4, 0.5) is 8.78 Å². The highest BCUT2D eigenvalue weighted by atomic mass is 127. The van der Waals surface area contributed by atoms with Gasteiger partial charge in [-0.2, -0.15) is 13.8 Å². The van der Waals surface area contributed by atoms with Crippen molar-refractivity contribution in [2.24, 2.45) is 4.99 Å². The van der Waals surface area contributed by atoms with Gasteiger partial charge in [0, 0.05) is 38.0 Å². The largest absolute Gasteiger partial charge is 0.490 e. The minimum absolute atomic E-state index is 0. The lowest BCUT2D eigenvalue weighted by Crippen LogP contribution is -2.37. The average Bonchev–Trinajstić information content (AvgIpc) is 3.18. The Bertz CT molecular complexity index is 818. The molecule has 1 aromatic heterocycles. The van der Waals surface area contributed by atoms with Crippen LogP contribution in [-0.2, 0) is 13.0 Å². The Morgan fingerprint density at radius 2 is 2.03 bits per heavy atom. The standard InChI is InChI=1S/C20H29F2N5O3.HI/c1-5-28-15-9-6-8-14(17(15)29-19(21)22)12-25-20(23-4)24-11-7-10-16-26-18(13(2)3)27-30-16;/h6,8-9,13,19H,5,7,10-12H2,1-4H3,(H2,23,24,25);1H. The number of halogens is 3. The minimum atomic E-state index is -2.94. The van der Waals surface area contributed by atoms with Gasteiger partial charge in [-0.3, -0.25) is 4.99 Å². The van der Waals surface area contributed by atoms with E-state index in [0.717, 1.165) is 6.42 Å². The molecule has 2 rings (SSSR count). The second-order valence-corrected chi connectivity index (χ2v) is 6.71. The molecule has 8 nitrogen and oxygen atoms in total. The highest BCUT2D eigenvalue weighted by Gasteiger charge is 2.16. The van der Waals surface area contributed by atoms with Gasteiger partial charge in [0.15, 0.2) is 23.3 Å². The van der Waals surface area contributed by atoms with Crippen LogP contribution >= 0.6 is 24.0 Å². The first kappa shape index (κ1) is 26.9. The quantitative estimate of drug-likeness (QED) is 0.187. The van der Waals surface area contributed by atoms with E-state index in [1.165, 1.54) is 0 Å². The number of nitrogens with one attached hydrogen (secondary N) is 2. The van der Waals surface area contributed by atoms with Gasteiger partial charge in [-0.15, -0.1) is 24.0 Å². The molecule has 31 heavy (non-hydrogen) atoms. The summed E-state index contributed by atoms with van der Waals surface area (Å²) in [6.07, 6.45) is 1.41. The summed E-state index contributed by atoms with van der Waals surface area (Å²) in [7, 11) is 1.63. The van der Waals surface area contributed by atoms with E-state index in [1.807, 2.05) is 13.8 Å². The van der Waals surface area contributed by atoms with Crippen LogP contribution in [0, 0.1) is 0 Å². The maximum Gasteiger partial charge on any atom is 0.387 e. The lowest BCUT2D eigenvalue weighted by molar-refractivity contribution is -0.0520. The van der Waals surface area contributed by atoms with Gasteiger partial charge in [0.1, 0.15) is 0 Å². The van der Waals surface area contributed by atoms with Gasteiger partial charge < -0.3 is 24.6 Å². The van der Waals surface area contributed by atoms with E-state index in [-0.39, 0.29) is 47.9 Å². The Labute approximate surface area is 198 Å². The number of hydrogen-bond donors (Lipinski definition) is 2. The topological polar surface area (TPSA) is 93.8 Å². The number of ether oxygens (including phenoxy) is 2. The molecule has 0 saturated carbocycles. The third-order valence-corrected chi connectivity index (χ3v) is 4.10. The number of nitrogens with zero attached hydrogens (tertiary/aromatic N) is 3. The number of hydrogen-bond acceptors (Lipinski definition) is 6. The number of rotatable bonds is 11. The molecule has 1 aromatic carbocycles. The number of para-hydroxylation sites is 1. The first-order valence-electron chi connectivity index (χ1n) is 9.91. The summed E-state index contributed by atoms with van der Waals surface area (Å²) in [4.78, 5) is 8.49. The number of aryl methyl sites for hydroxylation is 1. The molecule has 174 valence electrons. The molecule has 0 unspecified atom stereocenters. The Kier molecular flexibility index (Phi) is 12.1. The van der Waals surface area contributed by atoms with Crippen molar-refractivity contribution in [3.63, 3.8) is 0 Å². The van der Waals surface area contributed by atoms with Crippen molar-refractivity contribution in [1.29, 1.82) is 0 Å². The summed E-state index contributed by atoms with van der Waals surface area (Å²) in [5.41, 5.74) is 0.538. The van der Waals surface area contributed by atoms with Crippen LogP contribution in [0.3, 0.4) is 0 Å². The van der Waals surface area contributed by atoms with Gasteiger partial charge in [0.05, 0.1) is 6.61 Å². The minimum Gasteiger partial charge on any atom is -0.490 e. The van der Waals surface area contributed by atoms with Crippen molar-refractivity contribution < 1.29 is 22.8 Å². The van der Waals surface area contributed by atoms with Crippen molar-refractivity contribution >= 4 is 29.9 Å². The van der Waals surface area contributed by atoms with E-state index in [0.29, 0.717) is 42.8 Å². The molecule has 0 amide bonds. The summed E-state index contributed by atoms with van der Waals surface area (Å²) >= 11 is 0. The summed E-state index contributed by atoms with van der Waals surface area (Å²) in [5.74, 6) is 2.36. The third kappa shape index (κ3) is 8.83. The smallest absolute Gasteiger partial charge is 0.387 e. The summed E-state index contributed by atoms with van der Waals surface area (Å²) < 4.78 is 40.9. The number of guanidine groups is 1. The van der Waals surface area contributed by atoms with Crippen molar-refractivity contribution in [3.05, 3.63) is 35.5 Å². The van der Waals surface area contributed by atoms with E-state index in [2.05, 4.69) is 30.5 Å². The predicted octanol–water partition coefficient (Wildman–Crippen LogP) is 4.11. The van der Waals surface area contributed by atoms with Gasteiger partial charge >= 0.3 is 6.61 Å². The Morgan fingerprint density at radius 1 is 1.26 bits per heavy atom. The fourth-order valence-electron chi connectivity index (χ4n) is 2.64. The maximum atomic E-state index is 12.8. The summed E-state index contributed by atoms with van der Waals surface area (Å²) in [5, 5.41) is 10.2. The lowest BCUT2D eigenvalue weighted by Gasteiger charge is -2.17. The SMILES string of the molecule is CCOc1cccc(CNC(=NC)NCCCc2nc(C(C)C)no2)c1OC(F)F.I. The maximum absolute atomic E-state index is 12.8. The van der Waals surface area contributed by atoms with E-state index >= 15 is 0 Å². The van der Waals surface area contributed by atoms with Crippen LogP contribution in [0.5, 0.6) is 11.5 Å². The molecule has 0 aliphatic carbocycles. The highest BCUT2D eigenvalue weighted by Crippen LogP contribution is 2.32. The molecule has 1 heterocycles. The predicted molar refractivity (Wildman–Crippen MR) is 125 cm³/mol. The van der Waals surface area contributed by atoms with E-state index in [4.69, 9.17) is 9.26 Å². The Balaban J connectivity index is 0.00000480. The van der Waals surface area contributed by atoms with Crippen molar-refractivity contribution in [2.75, 3.05) is 20.2 Å². The molecule has 0 atom stereocenters. The van der Waals surface area contributed by atoms with Gasteiger partial charge in [-0.1, -0.05) is 31.1 Å². The molecular formula is C20H30F2IN5O3. The number of aromatic nitrogens is 2. The molecule has 0 bridgehead atoms. The Hall–Kier alpha value is -2.18. The zero-order valence-corrected chi connectivity index (χ0v) is 20.5. The second kappa shape index (κ2) is 14.0. The van der Waals surface area contributed by atoms with Crippen LogP contribution in [-0.4, -0.2) is 42.9 Å². The van der Waals surface area contributed by atoms with Crippen LogP contribution in [0.15, 0.2) is 27.7 Å². The van der Waals surface area contributed by atoms with Gasteiger partial charge in [0.2, 0.25) is 5.89 Å². The molecule has 0 radical (unpaired) electrons. The van der Waals surface area contributed by atoms with Crippen molar-refractivity contribution in [3.8, 4) is 11.5 Å². The van der Waals surface area contributed by atoms with Crippen LogP contribution in [0.1, 0.15) is 50.4 Å². The lowest BCUT2D eigenvalue weighted by atomic mass is 10.2. The highest BCUT2D eigenvalue weighted by molar-refractivity contribution is 14.0.